The van der Waals surface area contributed by atoms with E-state index in [0.717, 1.165) is 32.5 Å². The number of carbonyl (C=O) groups excluding carboxylic acids is 1. The Hall–Kier alpha value is -1.87. The lowest BCUT2D eigenvalue weighted by molar-refractivity contribution is -0.144. The van der Waals surface area contributed by atoms with Crippen molar-refractivity contribution in [2.45, 2.75) is 13.0 Å². The summed E-state index contributed by atoms with van der Waals surface area (Å²) in [7, 11) is 0. The minimum absolute atomic E-state index is 0.183. The van der Waals surface area contributed by atoms with Crippen LogP contribution < -0.4 is 0 Å². The molecular weight excluding hydrogens is 392 g/mol. The zero-order valence-corrected chi connectivity index (χ0v) is 16.1. The lowest BCUT2D eigenvalue weighted by atomic mass is 10.3. The maximum absolute atomic E-state index is 12.0. The van der Waals surface area contributed by atoms with E-state index in [-0.39, 0.29) is 19.0 Å². The van der Waals surface area contributed by atoms with E-state index in [1.54, 1.807) is 45.3 Å². The van der Waals surface area contributed by atoms with Crippen molar-refractivity contribution < 1.29 is 9.53 Å². The van der Waals surface area contributed by atoms with E-state index in [9.17, 15) is 4.79 Å². The zero-order chi connectivity index (χ0) is 17.1. The highest BCUT2D eigenvalue weighted by Crippen LogP contribution is 2.27. The molecule has 4 aromatic heterocycles. The summed E-state index contributed by atoms with van der Waals surface area (Å²) in [6.07, 6.45) is 0.183. The van der Waals surface area contributed by atoms with E-state index in [4.69, 9.17) is 4.74 Å². The maximum atomic E-state index is 12.0. The van der Waals surface area contributed by atoms with E-state index in [1.165, 1.54) is 0 Å². The van der Waals surface area contributed by atoms with Gasteiger partial charge in [0.05, 0.1) is 17.8 Å². The molecule has 0 N–H and O–H groups in total. The van der Waals surface area contributed by atoms with E-state index in [0.29, 0.717) is 0 Å². The van der Waals surface area contributed by atoms with Gasteiger partial charge in [0.1, 0.15) is 16.6 Å². The Morgan fingerprint density at radius 2 is 1.48 bits per heavy atom. The summed E-state index contributed by atoms with van der Waals surface area (Å²) in [4.78, 5) is 21.0. The standard InChI is InChI=1S/C17H12N2O2S4/c20-15(5-13-9-24-16(18-13)11-1-3-22-7-11)21-6-14-10-25-17(19-14)12-2-4-23-8-12/h1-4,7-10H,5-6H2. The Morgan fingerprint density at radius 1 is 0.880 bits per heavy atom. The number of nitrogens with zero attached hydrogens (tertiary/aromatic N) is 2. The third kappa shape index (κ3) is 4.04. The third-order valence-corrected chi connectivity index (χ3v) is 6.59. The highest BCUT2D eigenvalue weighted by atomic mass is 32.1. The van der Waals surface area contributed by atoms with Crippen molar-refractivity contribution >= 4 is 51.3 Å². The molecule has 0 saturated heterocycles. The highest BCUT2D eigenvalue weighted by molar-refractivity contribution is 7.14. The van der Waals surface area contributed by atoms with Gasteiger partial charge in [-0.2, -0.15) is 22.7 Å². The van der Waals surface area contributed by atoms with Gasteiger partial charge >= 0.3 is 5.97 Å². The van der Waals surface area contributed by atoms with Crippen LogP contribution in [0.3, 0.4) is 0 Å². The predicted octanol–water partition coefficient (Wildman–Crippen LogP) is 5.34. The number of thiophene rings is 2. The van der Waals surface area contributed by atoms with Gasteiger partial charge in [0.25, 0.3) is 0 Å². The molecule has 4 nitrogen and oxygen atoms in total. The summed E-state index contributed by atoms with van der Waals surface area (Å²) in [6.45, 7) is 0.195. The maximum Gasteiger partial charge on any atom is 0.312 e. The predicted molar refractivity (Wildman–Crippen MR) is 104 cm³/mol. The molecule has 4 heterocycles. The van der Waals surface area contributed by atoms with Gasteiger partial charge < -0.3 is 4.74 Å². The fraction of sp³-hybridized carbons (Fsp3) is 0.118. The number of rotatable bonds is 6. The van der Waals surface area contributed by atoms with Crippen LogP contribution in [0.5, 0.6) is 0 Å². The molecule has 0 saturated carbocycles. The molecular formula is C17H12N2O2S4. The fourth-order valence-electron chi connectivity index (χ4n) is 2.15. The van der Waals surface area contributed by atoms with Gasteiger partial charge in [-0.05, 0) is 22.9 Å². The van der Waals surface area contributed by atoms with E-state index in [1.807, 2.05) is 39.0 Å². The molecule has 8 heteroatoms. The van der Waals surface area contributed by atoms with Gasteiger partial charge in [0.15, 0.2) is 0 Å². The molecule has 0 amide bonds. The lowest BCUT2D eigenvalue weighted by Crippen LogP contribution is -2.08. The second kappa shape index (κ2) is 7.57. The molecule has 0 aromatic carbocycles. The minimum atomic E-state index is -0.285. The topological polar surface area (TPSA) is 52.1 Å². The molecule has 0 aliphatic rings. The summed E-state index contributed by atoms with van der Waals surface area (Å²) in [5, 5.41) is 13.9. The van der Waals surface area contributed by atoms with Gasteiger partial charge in [-0.25, -0.2) is 9.97 Å². The van der Waals surface area contributed by atoms with Crippen molar-refractivity contribution in [1.29, 1.82) is 0 Å². The van der Waals surface area contributed by atoms with Crippen molar-refractivity contribution in [3.8, 4) is 21.1 Å². The first-order valence-electron chi connectivity index (χ1n) is 7.37. The van der Waals surface area contributed by atoms with E-state index < -0.39 is 0 Å². The molecule has 0 radical (unpaired) electrons. The third-order valence-electron chi connectivity index (χ3n) is 3.35. The Bertz CT molecular complexity index is 955. The largest absolute Gasteiger partial charge is 0.459 e. The second-order valence-electron chi connectivity index (χ2n) is 5.15. The van der Waals surface area contributed by atoms with Crippen LogP contribution in [0.25, 0.3) is 21.1 Å². The molecule has 0 fully saturated rings. The van der Waals surface area contributed by atoms with E-state index >= 15 is 0 Å². The van der Waals surface area contributed by atoms with Crippen molar-refractivity contribution in [1.82, 2.24) is 9.97 Å². The van der Waals surface area contributed by atoms with Gasteiger partial charge in [0.2, 0.25) is 0 Å². The molecule has 4 aromatic rings. The van der Waals surface area contributed by atoms with Crippen LogP contribution in [0.2, 0.25) is 0 Å². The molecule has 0 aliphatic carbocycles. The first-order chi connectivity index (χ1) is 12.3. The number of thiazole rings is 2. The number of hydrogen-bond donors (Lipinski definition) is 0. The molecule has 126 valence electrons. The van der Waals surface area contributed by atoms with Crippen LogP contribution >= 0.6 is 45.3 Å². The van der Waals surface area contributed by atoms with Crippen LogP contribution in [-0.2, 0) is 22.6 Å². The highest BCUT2D eigenvalue weighted by Gasteiger charge is 2.12. The second-order valence-corrected chi connectivity index (χ2v) is 8.43. The normalized spacial score (nSPS) is 10.9. The summed E-state index contributed by atoms with van der Waals surface area (Å²) >= 11 is 6.38. The van der Waals surface area contributed by atoms with Crippen molar-refractivity contribution in [2.24, 2.45) is 0 Å². The lowest BCUT2D eigenvalue weighted by Gasteiger charge is -2.01. The van der Waals surface area contributed by atoms with Crippen LogP contribution in [0.1, 0.15) is 11.4 Å². The van der Waals surface area contributed by atoms with E-state index in [2.05, 4.69) is 15.3 Å². The first kappa shape index (κ1) is 16.6. The molecule has 0 spiro atoms. The van der Waals surface area contributed by atoms with Gasteiger partial charge in [0, 0.05) is 32.6 Å². The molecule has 0 unspecified atom stereocenters. The van der Waals surface area contributed by atoms with Crippen LogP contribution in [0.4, 0.5) is 0 Å². The number of carbonyl (C=O) groups is 1. The number of hydrogen-bond acceptors (Lipinski definition) is 8. The quantitative estimate of drug-likeness (QED) is 0.407. The minimum Gasteiger partial charge on any atom is -0.459 e. The average molecular weight is 405 g/mol. The van der Waals surface area contributed by atoms with Gasteiger partial charge in [-0.15, -0.1) is 22.7 Å². The zero-order valence-electron chi connectivity index (χ0n) is 12.9. The number of esters is 1. The average Bonchev–Trinajstić information content (AvgIpc) is 3.40. The molecule has 4 rings (SSSR count). The number of ether oxygens (including phenoxy) is 1. The molecule has 0 atom stereocenters. The van der Waals surface area contributed by atoms with Crippen LogP contribution in [0.15, 0.2) is 44.4 Å². The Morgan fingerprint density at radius 3 is 2.08 bits per heavy atom. The van der Waals surface area contributed by atoms with Crippen LogP contribution in [0, 0.1) is 0 Å². The first-order valence-corrected chi connectivity index (χ1v) is 11.0. The number of aromatic nitrogens is 2. The van der Waals surface area contributed by atoms with Gasteiger partial charge in [-0.1, -0.05) is 0 Å². The van der Waals surface area contributed by atoms with Crippen LogP contribution in [-0.4, -0.2) is 15.9 Å². The molecule has 0 bridgehead atoms. The summed E-state index contributed by atoms with van der Waals surface area (Å²) in [5.41, 5.74) is 3.72. The fourth-order valence-corrected chi connectivity index (χ4v) is 5.20. The van der Waals surface area contributed by atoms with Gasteiger partial charge in [-0.3, -0.25) is 4.79 Å². The Balaban J connectivity index is 1.32. The van der Waals surface area contributed by atoms with Crippen molar-refractivity contribution in [3.63, 3.8) is 0 Å². The SMILES string of the molecule is O=C(Cc1csc(-c2ccsc2)n1)OCc1csc(-c2ccsc2)n1. The summed E-state index contributed by atoms with van der Waals surface area (Å²) < 4.78 is 5.34. The van der Waals surface area contributed by atoms with Crippen molar-refractivity contribution in [2.75, 3.05) is 0 Å². The monoisotopic (exact) mass is 404 g/mol. The van der Waals surface area contributed by atoms with Crippen molar-refractivity contribution in [3.05, 3.63) is 55.8 Å². The molecule has 25 heavy (non-hydrogen) atoms. The summed E-state index contributed by atoms with van der Waals surface area (Å²) in [5.74, 6) is -0.285. The molecule has 0 aliphatic heterocycles. The smallest absolute Gasteiger partial charge is 0.312 e. The Labute approximate surface area is 160 Å². The Kier molecular flexibility index (Phi) is 5.02. The summed E-state index contributed by atoms with van der Waals surface area (Å²) in [6, 6.07) is 4.06.